The monoisotopic (exact) mass is 324 g/mol. The molecule has 0 atom stereocenters. The van der Waals surface area contributed by atoms with E-state index in [4.69, 9.17) is 0 Å². The van der Waals surface area contributed by atoms with Crippen molar-refractivity contribution < 1.29 is 10.2 Å². The highest BCUT2D eigenvalue weighted by molar-refractivity contribution is 5.49. The Bertz CT molecular complexity index is 673. The van der Waals surface area contributed by atoms with Crippen LogP contribution in [0.1, 0.15) is 61.3 Å². The van der Waals surface area contributed by atoms with Crippen LogP contribution in [0.5, 0.6) is 11.5 Å². The summed E-state index contributed by atoms with van der Waals surface area (Å²) in [6.07, 6.45) is 6.15. The topological polar surface area (TPSA) is 40.5 Å². The highest BCUT2D eigenvalue weighted by atomic mass is 16.3. The average molecular weight is 324 g/mol. The molecule has 0 aliphatic heterocycles. The minimum absolute atomic E-state index is 0.0231. The van der Waals surface area contributed by atoms with Gasteiger partial charge in [-0.15, -0.1) is 0 Å². The lowest BCUT2D eigenvalue weighted by Crippen LogP contribution is -2.42. The summed E-state index contributed by atoms with van der Waals surface area (Å²) in [5.74, 6) is 1.49. The van der Waals surface area contributed by atoms with Crippen LogP contribution >= 0.6 is 0 Å². The fraction of sp³-hybridized carbons (Fsp3) is 0.455. The van der Waals surface area contributed by atoms with Crippen LogP contribution in [0.3, 0.4) is 0 Å². The molecule has 2 N–H and O–H groups in total. The summed E-state index contributed by atoms with van der Waals surface area (Å²) in [5, 5.41) is 19.8. The van der Waals surface area contributed by atoms with Crippen LogP contribution < -0.4 is 0 Å². The van der Waals surface area contributed by atoms with Crippen molar-refractivity contribution in [3.8, 4) is 11.5 Å². The van der Waals surface area contributed by atoms with Crippen LogP contribution in [0.2, 0.25) is 0 Å². The van der Waals surface area contributed by atoms with E-state index in [9.17, 15) is 10.2 Å². The zero-order valence-electron chi connectivity index (χ0n) is 15.0. The summed E-state index contributed by atoms with van der Waals surface area (Å²) in [4.78, 5) is 0. The molecule has 0 aromatic heterocycles. The predicted octanol–water partition coefficient (Wildman–Crippen LogP) is 5.60. The summed E-state index contributed by atoms with van der Waals surface area (Å²) in [5.41, 5.74) is 4.46. The van der Waals surface area contributed by atoms with E-state index in [1.165, 1.54) is 30.4 Å². The molecule has 0 unspecified atom stereocenters. The third-order valence-electron chi connectivity index (χ3n) is 5.74. The van der Waals surface area contributed by atoms with Crippen LogP contribution in [0.15, 0.2) is 36.4 Å². The maximum atomic E-state index is 9.89. The second-order valence-corrected chi connectivity index (χ2v) is 7.50. The van der Waals surface area contributed by atoms with E-state index in [2.05, 4.69) is 31.2 Å². The van der Waals surface area contributed by atoms with Crippen molar-refractivity contribution in [2.24, 2.45) is 5.92 Å². The van der Waals surface area contributed by atoms with Gasteiger partial charge in [0.25, 0.3) is 0 Å². The Kier molecular flexibility index (Phi) is 4.58. The molecule has 0 radical (unpaired) electrons. The Balaban J connectivity index is 1.99. The largest absolute Gasteiger partial charge is 0.508 e. The van der Waals surface area contributed by atoms with Crippen molar-refractivity contribution >= 4 is 0 Å². The Hall–Kier alpha value is -1.96. The van der Waals surface area contributed by atoms with E-state index in [0.717, 1.165) is 29.9 Å². The van der Waals surface area contributed by atoms with Gasteiger partial charge in [-0.2, -0.15) is 0 Å². The lowest BCUT2D eigenvalue weighted by atomic mass is 9.54. The highest BCUT2D eigenvalue weighted by Gasteiger charge is 2.46. The number of aryl methyl sites for hydroxylation is 2. The fourth-order valence-corrected chi connectivity index (χ4v) is 4.17. The van der Waals surface area contributed by atoms with Gasteiger partial charge in [-0.25, -0.2) is 0 Å². The predicted molar refractivity (Wildman–Crippen MR) is 98.7 cm³/mol. The van der Waals surface area contributed by atoms with Gasteiger partial charge in [0.05, 0.1) is 0 Å². The molecule has 2 aromatic rings. The minimum atomic E-state index is 0.0231. The summed E-state index contributed by atoms with van der Waals surface area (Å²) < 4.78 is 0. The number of hydrogen-bond donors (Lipinski definition) is 2. The third kappa shape index (κ3) is 2.90. The lowest BCUT2D eigenvalue weighted by Gasteiger charge is -2.49. The molecule has 0 amide bonds. The van der Waals surface area contributed by atoms with Crippen molar-refractivity contribution in [3.63, 3.8) is 0 Å². The first kappa shape index (κ1) is 16.9. The summed E-state index contributed by atoms with van der Waals surface area (Å²) in [6, 6.07) is 12.0. The van der Waals surface area contributed by atoms with Crippen molar-refractivity contribution in [1.82, 2.24) is 0 Å². The van der Waals surface area contributed by atoms with E-state index in [1.54, 1.807) is 0 Å². The van der Waals surface area contributed by atoms with Gasteiger partial charge in [-0.3, -0.25) is 0 Å². The van der Waals surface area contributed by atoms with Crippen molar-refractivity contribution in [2.45, 2.75) is 58.3 Å². The van der Waals surface area contributed by atoms with Crippen LogP contribution in [-0.2, 0) is 5.41 Å². The quantitative estimate of drug-likeness (QED) is 0.751. The van der Waals surface area contributed by atoms with E-state index < -0.39 is 0 Å². The van der Waals surface area contributed by atoms with E-state index >= 15 is 0 Å². The van der Waals surface area contributed by atoms with Gasteiger partial charge in [0.1, 0.15) is 11.5 Å². The minimum Gasteiger partial charge on any atom is -0.508 e. The Morgan fingerprint density at radius 2 is 1.42 bits per heavy atom. The molecule has 2 heteroatoms. The molecule has 0 spiro atoms. The maximum absolute atomic E-state index is 9.89. The van der Waals surface area contributed by atoms with E-state index in [1.807, 2.05) is 26.0 Å². The van der Waals surface area contributed by atoms with Gasteiger partial charge >= 0.3 is 0 Å². The van der Waals surface area contributed by atoms with Crippen LogP contribution in [0.4, 0.5) is 0 Å². The molecule has 128 valence electrons. The Morgan fingerprint density at radius 1 is 0.917 bits per heavy atom. The van der Waals surface area contributed by atoms with Crippen LogP contribution in [0, 0.1) is 19.8 Å². The second kappa shape index (κ2) is 6.51. The Morgan fingerprint density at radius 3 is 1.83 bits per heavy atom. The number of benzene rings is 2. The number of aromatic hydroxyl groups is 2. The smallest absolute Gasteiger partial charge is 0.118 e. The van der Waals surface area contributed by atoms with Gasteiger partial charge < -0.3 is 10.2 Å². The molecule has 2 aromatic carbocycles. The first-order chi connectivity index (χ1) is 11.5. The maximum Gasteiger partial charge on any atom is 0.118 e. The number of rotatable bonds is 5. The summed E-state index contributed by atoms with van der Waals surface area (Å²) in [7, 11) is 0. The molecule has 0 bridgehead atoms. The molecular weight excluding hydrogens is 296 g/mol. The zero-order valence-corrected chi connectivity index (χ0v) is 15.0. The molecule has 0 heterocycles. The number of hydrogen-bond acceptors (Lipinski definition) is 2. The molecule has 0 saturated heterocycles. The van der Waals surface area contributed by atoms with Crippen molar-refractivity contribution in [2.75, 3.05) is 0 Å². The van der Waals surface area contributed by atoms with Gasteiger partial charge in [0, 0.05) is 5.41 Å². The molecule has 1 saturated carbocycles. The first-order valence-electron chi connectivity index (χ1n) is 9.06. The van der Waals surface area contributed by atoms with Crippen LogP contribution in [-0.4, -0.2) is 10.2 Å². The number of phenols is 2. The van der Waals surface area contributed by atoms with Gasteiger partial charge in [-0.05, 0) is 67.0 Å². The summed E-state index contributed by atoms with van der Waals surface area (Å²) >= 11 is 0. The lowest BCUT2D eigenvalue weighted by molar-refractivity contribution is 0.168. The second-order valence-electron chi connectivity index (χ2n) is 7.50. The summed E-state index contributed by atoms with van der Waals surface area (Å²) in [6.45, 7) is 6.17. The standard InChI is InChI=1S/C22H28O2/c1-4-5-6-17-13-22(14-17,18-7-9-20(23)15(2)11-18)19-8-10-21(24)16(3)12-19/h7-12,17,23-24H,4-6,13-14H2,1-3H3. The van der Waals surface area contributed by atoms with E-state index in [-0.39, 0.29) is 5.41 Å². The Labute approximate surface area is 145 Å². The van der Waals surface area contributed by atoms with Crippen molar-refractivity contribution in [3.05, 3.63) is 58.7 Å². The SMILES string of the molecule is CCCCC1CC(c2ccc(O)c(C)c2)(c2ccc(O)c(C)c2)C1. The number of unbranched alkanes of at least 4 members (excludes halogenated alkanes) is 1. The van der Waals surface area contributed by atoms with Crippen molar-refractivity contribution in [1.29, 1.82) is 0 Å². The first-order valence-corrected chi connectivity index (χ1v) is 9.06. The molecule has 24 heavy (non-hydrogen) atoms. The molecule has 2 nitrogen and oxygen atoms in total. The van der Waals surface area contributed by atoms with Gasteiger partial charge in [0.2, 0.25) is 0 Å². The molecule has 1 aliphatic rings. The molecule has 3 rings (SSSR count). The van der Waals surface area contributed by atoms with Crippen LogP contribution in [0.25, 0.3) is 0 Å². The zero-order chi connectivity index (χ0) is 17.3. The van der Waals surface area contributed by atoms with E-state index in [0.29, 0.717) is 11.5 Å². The highest BCUT2D eigenvalue weighted by Crippen LogP contribution is 2.54. The third-order valence-corrected chi connectivity index (χ3v) is 5.74. The number of phenolic OH excluding ortho intramolecular Hbond substituents is 2. The van der Waals surface area contributed by atoms with Gasteiger partial charge in [-0.1, -0.05) is 50.5 Å². The fourth-order valence-electron chi connectivity index (χ4n) is 4.17. The normalized spacial score (nSPS) is 16.8. The molecule has 1 aliphatic carbocycles. The molecule has 1 fully saturated rings. The molecular formula is C22H28O2. The van der Waals surface area contributed by atoms with Gasteiger partial charge in [0.15, 0.2) is 0 Å². The average Bonchev–Trinajstić information content (AvgIpc) is 2.52.